The van der Waals surface area contributed by atoms with Gasteiger partial charge in [-0.3, -0.25) is 4.79 Å². The van der Waals surface area contributed by atoms with Gasteiger partial charge in [0.05, 0.1) is 17.9 Å². The number of esters is 1. The van der Waals surface area contributed by atoms with Crippen LogP contribution in [-0.4, -0.2) is 39.5 Å². The molecule has 0 aliphatic carbocycles. The second-order valence-corrected chi connectivity index (χ2v) is 10.6. The molecule has 1 unspecified atom stereocenters. The summed E-state index contributed by atoms with van der Waals surface area (Å²) in [5, 5.41) is 15.1. The second kappa shape index (κ2) is 12.7. The molecule has 0 aliphatic heterocycles. The lowest BCUT2D eigenvalue weighted by atomic mass is 10.0. The van der Waals surface area contributed by atoms with Crippen LogP contribution in [0.4, 0.5) is 5.00 Å². The number of aromatic nitrogens is 3. The third-order valence-electron chi connectivity index (χ3n) is 5.47. The highest BCUT2D eigenvalue weighted by atomic mass is 35.5. The van der Waals surface area contributed by atoms with Crippen LogP contribution in [0.15, 0.2) is 59.1 Å². The number of anilines is 1. The summed E-state index contributed by atoms with van der Waals surface area (Å²) < 4.78 is 12.8. The molecule has 4 aromatic rings. The Kier molecular flexibility index (Phi) is 9.32. The first-order valence-corrected chi connectivity index (χ1v) is 14.2. The number of benzene rings is 2. The Balaban J connectivity index is 1.45. The van der Waals surface area contributed by atoms with E-state index >= 15 is 0 Å². The summed E-state index contributed by atoms with van der Waals surface area (Å²) in [7, 11) is 1.32. The van der Waals surface area contributed by atoms with Crippen molar-refractivity contribution in [2.24, 2.45) is 0 Å². The first-order chi connectivity index (χ1) is 18.3. The molecule has 2 aromatic carbocycles. The zero-order valence-corrected chi connectivity index (χ0v) is 23.9. The van der Waals surface area contributed by atoms with Gasteiger partial charge in [0.25, 0.3) is 0 Å². The average Bonchev–Trinajstić information content (AvgIpc) is 3.53. The normalized spacial score (nSPS) is 11.7. The van der Waals surface area contributed by atoms with Crippen LogP contribution in [-0.2, 0) is 16.1 Å². The highest BCUT2D eigenvalue weighted by molar-refractivity contribution is 7.99. The van der Waals surface area contributed by atoms with E-state index in [1.54, 1.807) is 18.2 Å². The van der Waals surface area contributed by atoms with E-state index in [4.69, 9.17) is 32.7 Å². The van der Waals surface area contributed by atoms with Crippen molar-refractivity contribution >= 4 is 63.2 Å². The molecule has 1 atom stereocenters. The van der Waals surface area contributed by atoms with Crippen LogP contribution >= 0.6 is 46.3 Å². The SMILES string of the molecule is CCn1c(SCC(=O)Nc2scc(-c3ccccc3)c2C(=O)OC)nnc1C(C)Oc1ccc(Cl)cc1Cl. The summed E-state index contributed by atoms with van der Waals surface area (Å²) >= 11 is 14.7. The number of methoxy groups -OCH3 is 1. The zero-order chi connectivity index (χ0) is 27.2. The molecule has 1 N–H and O–H groups in total. The summed E-state index contributed by atoms with van der Waals surface area (Å²) in [5.74, 6) is 0.342. The highest BCUT2D eigenvalue weighted by Crippen LogP contribution is 2.36. The zero-order valence-electron chi connectivity index (χ0n) is 20.7. The van der Waals surface area contributed by atoms with Crippen LogP contribution in [0.5, 0.6) is 5.75 Å². The number of nitrogens with zero attached hydrogens (tertiary/aromatic N) is 3. The van der Waals surface area contributed by atoms with Crippen LogP contribution < -0.4 is 10.1 Å². The summed E-state index contributed by atoms with van der Waals surface area (Å²) in [4.78, 5) is 25.4. The van der Waals surface area contributed by atoms with E-state index in [0.29, 0.717) is 49.4 Å². The Labute approximate surface area is 238 Å². The Morgan fingerprint density at radius 2 is 1.92 bits per heavy atom. The van der Waals surface area contributed by atoms with Gasteiger partial charge in [0.15, 0.2) is 17.1 Å². The molecular formula is C26H24Cl2N4O4S2. The predicted molar refractivity (Wildman–Crippen MR) is 152 cm³/mol. The molecule has 4 rings (SSSR count). The number of thiophene rings is 1. The lowest BCUT2D eigenvalue weighted by Crippen LogP contribution is -2.17. The van der Waals surface area contributed by atoms with Gasteiger partial charge in [-0.2, -0.15) is 0 Å². The van der Waals surface area contributed by atoms with E-state index in [1.807, 2.05) is 54.1 Å². The molecule has 0 aliphatic rings. The summed E-state index contributed by atoms with van der Waals surface area (Å²) in [6, 6.07) is 14.5. The maximum absolute atomic E-state index is 12.9. The van der Waals surface area contributed by atoms with Crippen LogP contribution in [0.25, 0.3) is 11.1 Å². The smallest absolute Gasteiger partial charge is 0.341 e. The number of thioether (sulfide) groups is 1. The fraction of sp³-hybridized carbons (Fsp3) is 0.231. The van der Waals surface area contributed by atoms with Gasteiger partial charge in [0.2, 0.25) is 5.91 Å². The topological polar surface area (TPSA) is 95.3 Å². The quantitative estimate of drug-likeness (QED) is 0.157. The third-order valence-corrected chi connectivity index (χ3v) is 7.87. The van der Waals surface area contributed by atoms with Crippen LogP contribution in [0.1, 0.15) is 36.1 Å². The molecule has 2 aromatic heterocycles. The second-order valence-electron chi connectivity index (χ2n) is 7.97. The van der Waals surface area contributed by atoms with Crippen LogP contribution in [0, 0.1) is 0 Å². The van der Waals surface area contributed by atoms with Gasteiger partial charge in [0.1, 0.15) is 16.3 Å². The number of ether oxygens (including phenoxy) is 2. The Morgan fingerprint density at radius 1 is 1.16 bits per heavy atom. The average molecular weight is 592 g/mol. The van der Waals surface area contributed by atoms with E-state index in [2.05, 4.69) is 15.5 Å². The van der Waals surface area contributed by atoms with Crippen molar-refractivity contribution in [3.05, 3.63) is 75.3 Å². The molecule has 0 bridgehead atoms. The molecule has 12 heteroatoms. The van der Waals surface area contributed by atoms with Gasteiger partial charge in [-0.05, 0) is 37.6 Å². The van der Waals surface area contributed by atoms with Gasteiger partial charge < -0.3 is 19.4 Å². The number of hydrogen-bond donors (Lipinski definition) is 1. The third kappa shape index (κ3) is 6.32. The van der Waals surface area contributed by atoms with Crippen molar-refractivity contribution in [1.29, 1.82) is 0 Å². The molecule has 0 radical (unpaired) electrons. The number of rotatable bonds is 10. The molecule has 0 saturated heterocycles. The Hall–Kier alpha value is -3.05. The number of amides is 1. The van der Waals surface area contributed by atoms with Crippen molar-refractivity contribution in [3.8, 4) is 16.9 Å². The lowest BCUT2D eigenvalue weighted by Gasteiger charge is -2.16. The minimum Gasteiger partial charge on any atom is -0.481 e. The molecule has 1 amide bonds. The van der Waals surface area contributed by atoms with Gasteiger partial charge in [0, 0.05) is 22.5 Å². The summed E-state index contributed by atoms with van der Waals surface area (Å²) in [5.41, 5.74) is 1.89. The Bertz CT molecular complexity index is 1440. The van der Waals surface area contributed by atoms with Crippen molar-refractivity contribution in [3.63, 3.8) is 0 Å². The van der Waals surface area contributed by atoms with Gasteiger partial charge in [-0.1, -0.05) is 65.3 Å². The molecule has 0 saturated carbocycles. The molecule has 0 fully saturated rings. The monoisotopic (exact) mass is 590 g/mol. The molecular weight excluding hydrogens is 567 g/mol. The van der Waals surface area contributed by atoms with E-state index in [0.717, 1.165) is 5.56 Å². The number of carbonyl (C=O) groups excluding carboxylic acids is 2. The molecule has 2 heterocycles. The molecule has 8 nitrogen and oxygen atoms in total. The number of halogens is 2. The lowest BCUT2D eigenvalue weighted by molar-refractivity contribution is -0.113. The van der Waals surface area contributed by atoms with Crippen molar-refractivity contribution in [2.45, 2.75) is 31.7 Å². The fourth-order valence-corrected chi connectivity index (χ4v) is 5.93. The van der Waals surface area contributed by atoms with E-state index in [9.17, 15) is 9.59 Å². The predicted octanol–water partition coefficient (Wildman–Crippen LogP) is 6.99. The largest absolute Gasteiger partial charge is 0.481 e. The van der Waals surface area contributed by atoms with E-state index < -0.39 is 12.1 Å². The van der Waals surface area contributed by atoms with E-state index in [1.165, 1.54) is 30.2 Å². The highest BCUT2D eigenvalue weighted by Gasteiger charge is 2.24. The van der Waals surface area contributed by atoms with Crippen LogP contribution in [0.3, 0.4) is 0 Å². The number of hydrogen-bond acceptors (Lipinski definition) is 8. The Morgan fingerprint density at radius 3 is 2.61 bits per heavy atom. The molecule has 38 heavy (non-hydrogen) atoms. The molecule has 0 spiro atoms. The van der Waals surface area contributed by atoms with Crippen molar-refractivity contribution < 1.29 is 19.1 Å². The standard InChI is InChI=1S/C26H24Cl2N4O4S2/c1-4-32-23(15(2)36-20-11-10-17(27)12-19(20)28)30-31-26(32)38-14-21(33)29-24-22(25(34)35-3)18(13-37-24)16-8-6-5-7-9-16/h5-13,15H,4,14H2,1-3H3,(H,29,33). The van der Waals surface area contributed by atoms with Crippen molar-refractivity contribution in [2.75, 3.05) is 18.2 Å². The molecule has 198 valence electrons. The first-order valence-electron chi connectivity index (χ1n) is 11.5. The van der Waals surface area contributed by atoms with Gasteiger partial charge in [-0.25, -0.2) is 4.79 Å². The van der Waals surface area contributed by atoms with E-state index in [-0.39, 0.29) is 11.7 Å². The maximum atomic E-state index is 12.9. The minimum atomic E-state index is -0.516. The first kappa shape index (κ1) is 28.0. The summed E-state index contributed by atoms with van der Waals surface area (Å²) in [6.45, 7) is 4.38. The minimum absolute atomic E-state index is 0.0650. The van der Waals surface area contributed by atoms with Crippen molar-refractivity contribution in [1.82, 2.24) is 14.8 Å². The summed E-state index contributed by atoms with van der Waals surface area (Å²) in [6.07, 6.45) is -0.450. The maximum Gasteiger partial charge on any atom is 0.341 e. The van der Waals surface area contributed by atoms with Gasteiger partial charge >= 0.3 is 5.97 Å². The van der Waals surface area contributed by atoms with Gasteiger partial charge in [-0.15, -0.1) is 21.5 Å². The number of nitrogens with one attached hydrogen (secondary N) is 1. The number of carbonyl (C=O) groups is 2. The van der Waals surface area contributed by atoms with Crippen LogP contribution in [0.2, 0.25) is 10.0 Å². The fourth-order valence-electron chi connectivity index (χ4n) is 3.70.